The van der Waals surface area contributed by atoms with Gasteiger partial charge in [0.05, 0.1) is 18.7 Å². The van der Waals surface area contributed by atoms with Crippen LogP contribution in [0.15, 0.2) is 61.1 Å². The van der Waals surface area contributed by atoms with Gasteiger partial charge < -0.3 is 25.2 Å². The number of likely N-dealkylation sites (tertiary alicyclic amines) is 1. The van der Waals surface area contributed by atoms with Crippen LogP contribution in [-0.2, 0) is 9.59 Å². The third-order valence-corrected chi connectivity index (χ3v) is 7.26. The quantitative estimate of drug-likeness (QED) is 0.379. The van der Waals surface area contributed by atoms with E-state index in [9.17, 15) is 28.7 Å². The fraction of sp³-hybridized carbons (Fsp3) is 0.345. The van der Waals surface area contributed by atoms with Gasteiger partial charge in [-0.3, -0.25) is 14.6 Å². The van der Waals surface area contributed by atoms with E-state index in [4.69, 9.17) is 9.84 Å². The molecule has 3 aromatic rings. The number of ether oxygens (including phenoxy) is 1. The number of nitrogens with one attached hydrogen (secondary N) is 1. The first-order valence-corrected chi connectivity index (χ1v) is 13.0. The number of piperidine rings is 1. The number of nitrogens with zero attached hydrogens (tertiary/aromatic N) is 4. The maximum Gasteiger partial charge on any atom is 0.301 e. The van der Waals surface area contributed by atoms with Crippen LogP contribution in [0.2, 0.25) is 0 Å². The highest BCUT2D eigenvalue weighted by molar-refractivity contribution is 5.95. The number of hydrogen-bond acceptors (Lipinski definition) is 8. The van der Waals surface area contributed by atoms with Crippen LogP contribution in [0, 0.1) is 17.2 Å². The van der Waals surface area contributed by atoms with Crippen LogP contribution < -0.4 is 10.1 Å². The number of hydrogen-bond donors (Lipinski definition) is 3. The SMILES string of the molecule is N#Cc1cc(-c2ccnc(NC(=O)[C@@H]3C[C@H]3c3cccnc3)c2)ccc1OC1CCN(C(=O)C(O)CO)CC1(F)F. The Bertz CT molecular complexity index is 1480. The van der Waals surface area contributed by atoms with Gasteiger partial charge >= 0.3 is 5.92 Å². The minimum Gasteiger partial charge on any atom is -0.483 e. The molecule has 12 heteroatoms. The van der Waals surface area contributed by atoms with Crippen LogP contribution in [-0.4, -0.2) is 74.7 Å². The lowest BCUT2D eigenvalue weighted by atomic mass is 10.0. The summed E-state index contributed by atoms with van der Waals surface area (Å²) in [5, 5.41) is 31.0. The standard InChI is InChI=1S/C29H27F2N5O5/c30-29(31)16-36(28(40)23(38)15-37)9-6-25(29)41-24-4-3-17(10-20(24)13-32)18-5-8-34-26(11-18)35-27(39)22-12-21(22)19-2-1-7-33-14-19/h1-5,7-8,10-11,14,21-23,25,37-38H,6,9,12,15-16H2,(H,34,35,39)/t21-,22+,23?,25?/m0/s1. The number of alkyl halides is 2. The molecular weight excluding hydrogens is 536 g/mol. The lowest BCUT2D eigenvalue weighted by Crippen LogP contribution is -2.57. The Balaban J connectivity index is 1.25. The van der Waals surface area contributed by atoms with Gasteiger partial charge in [0.2, 0.25) is 5.91 Å². The van der Waals surface area contributed by atoms with Crippen molar-refractivity contribution in [2.24, 2.45) is 5.92 Å². The van der Waals surface area contributed by atoms with Gasteiger partial charge in [-0.25, -0.2) is 13.8 Å². The normalized spacial score (nSPS) is 21.8. The number of rotatable bonds is 8. The van der Waals surface area contributed by atoms with E-state index in [1.807, 2.05) is 18.2 Å². The maximum absolute atomic E-state index is 14.9. The molecule has 0 radical (unpaired) electrons. The maximum atomic E-state index is 14.9. The van der Waals surface area contributed by atoms with Gasteiger partial charge in [-0.1, -0.05) is 12.1 Å². The molecule has 1 saturated heterocycles. The lowest BCUT2D eigenvalue weighted by Gasteiger charge is -2.38. The molecule has 3 N–H and O–H groups in total. The predicted octanol–water partition coefficient (Wildman–Crippen LogP) is 2.73. The minimum absolute atomic E-state index is 0.0335. The summed E-state index contributed by atoms with van der Waals surface area (Å²) in [5.74, 6) is -4.33. The Kier molecular flexibility index (Phi) is 7.92. The Morgan fingerprint density at radius 1 is 1.22 bits per heavy atom. The zero-order valence-electron chi connectivity index (χ0n) is 21.8. The van der Waals surface area contributed by atoms with Crippen molar-refractivity contribution in [3.63, 3.8) is 0 Å². The molecule has 4 atom stereocenters. The molecule has 3 heterocycles. The summed E-state index contributed by atoms with van der Waals surface area (Å²) in [7, 11) is 0. The van der Waals surface area contributed by atoms with E-state index in [1.54, 1.807) is 30.6 Å². The number of anilines is 1. The molecule has 1 aromatic carbocycles. The van der Waals surface area contributed by atoms with Crippen LogP contribution >= 0.6 is 0 Å². The fourth-order valence-electron chi connectivity index (χ4n) is 4.94. The second kappa shape index (κ2) is 11.6. The van der Waals surface area contributed by atoms with Crippen molar-refractivity contribution in [2.75, 3.05) is 25.0 Å². The van der Waals surface area contributed by atoms with Crippen LogP contribution in [0.25, 0.3) is 11.1 Å². The molecule has 0 spiro atoms. The first-order chi connectivity index (χ1) is 19.7. The van der Waals surface area contributed by atoms with E-state index < -0.39 is 37.2 Å². The minimum atomic E-state index is -3.45. The largest absolute Gasteiger partial charge is 0.483 e. The number of pyridine rings is 2. The molecule has 1 aliphatic carbocycles. The van der Waals surface area contributed by atoms with E-state index in [-0.39, 0.29) is 42.0 Å². The van der Waals surface area contributed by atoms with E-state index in [0.717, 1.165) is 16.9 Å². The predicted molar refractivity (Wildman–Crippen MR) is 142 cm³/mol. The number of nitriles is 1. The molecule has 2 amide bonds. The first-order valence-electron chi connectivity index (χ1n) is 13.0. The second-order valence-electron chi connectivity index (χ2n) is 10.1. The summed E-state index contributed by atoms with van der Waals surface area (Å²) < 4.78 is 35.3. The molecule has 0 bridgehead atoms. The molecule has 212 valence electrons. The highest BCUT2D eigenvalue weighted by Crippen LogP contribution is 2.47. The zero-order chi connectivity index (χ0) is 29.1. The third kappa shape index (κ3) is 6.16. The fourth-order valence-corrected chi connectivity index (χ4v) is 4.94. The van der Waals surface area contributed by atoms with Crippen LogP contribution in [0.3, 0.4) is 0 Å². The Morgan fingerprint density at radius 2 is 2.02 bits per heavy atom. The number of carbonyl (C=O) groups excluding carboxylic acids is 2. The van der Waals surface area contributed by atoms with Crippen molar-refractivity contribution in [3.8, 4) is 22.9 Å². The van der Waals surface area contributed by atoms with Gasteiger partial charge in [-0.2, -0.15) is 5.26 Å². The van der Waals surface area contributed by atoms with Crippen LogP contribution in [0.1, 0.15) is 29.9 Å². The highest BCUT2D eigenvalue weighted by atomic mass is 19.3. The second-order valence-corrected chi connectivity index (χ2v) is 10.1. The number of aliphatic hydroxyl groups is 2. The Labute approximate surface area is 234 Å². The van der Waals surface area contributed by atoms with Crippen molar-refractivity contribution in [2.45, 2.75) is 36.9 Å². The molecule has 2 fully saturated rings. The van der Waals surface area contributed by atoms with Gasteiger partial charge in [-0.05, 0) is 59.4 Å². The smallest absolute Gasteiger partial charge is 0.301 e. The first kappa shape index (κ1) is 28.1. The monoisotopic (exact) mass is 563 g/mol. The summed E-state index contributed by atoms with van der Waals surface area (Å²) in [6.07, 6.45) is 2.09. The Hall–Kier alpha value is -4.47. The molecule has 41 heavy (non-hydrogen) atoms. The number of amides is 2. The molecule has 2 aliphatic rings. The van der Waals surface area contributed by atoms with Gasteiger partial charge in [0, 0.05) is 37.5 Å². The molecule has 1 saturated carbocycles. The summed E-state index contributed by atoms with van der Waals surface area (Å²) in [6, 6.07) is 13.7. The van der Waals surface area contributed by atoms with Crippen LogP contribution in [0.4, 0.5) is 14.6 Å². The van der Waals surface area contributed by atoms with Gasteiger partial charge in [0.1, 0.15) is 17.6 Å². The third-order valence-electron chi connectivity index (χ3n) is 7.26. The van der Waals surface area contributed by atoms with Crippen molar-refractivity contribution in [1.82, 2.24) is 14.9 Å². The summed E-state index contributed by atoms with van der Waals surface area (Å²) in [5.41, 5.74) is 2.29. The van der Waals surface area contributed by atoms with Crippen molar-refractivity contribution in [1.29, 1.82) is 5.26 Å². The Morgan fingerprint density at radius 3 is 2.73 bits per heavy atom. The van der Waals surface area contributed by atoms with E-state index in [2.05, 4.69) is 15.3 Å². The number of aliphatic hydroxyl groups excluding tert-OH is 2. The van der Waals surface area contributed by atoms with Gasteiger partial charge in [-0.15, -0.1) is 0 Å². The topological polar surface area (TPSA) is 149 Å². The number of carbonyl (C=O) groups is 2. The van der Waals surface area contributed by atoms with E-state index >= 15 is 0 Å². The summed E-state index contributed by atoms with van der Waals surface area (Å²) in [6.45, 7) is -1.95. The number of halogens is 2. The van der Waals surface area contributed by atoms with E-state index in [0.29, 0.717) is 16.9 Å². The summed E-state index contributed by atoms with van der Waals surface area (Å²) in [4.78, 5) is 33.9. The average molecular weight is 564 g/mol. The lowest BCUT2D eigenvalue weighted by molar-refractivity contribution is -0.167. The van der Waals surface area contributed by atoms with E-state index in [1.165, 1.54) is 18.3 Å². The van der Waals surface area contributed by atoms with Crippen molar-refractivity contribution < 1.29 is 33.3 Å². The van der Waals surface area contributed by atoms with Crippen LogP contribution in [0.5, 0.6) is 5.75 Å². The molecule has 5 rings (SSSR count). The summed E-state index contributed by atoms with van der Waals surface area (Å²) >= 11 is 0. The number of benzene rings is 1. The highest BCUT2D eigenvalue weighted by Gasteiger charge is 2.48. The van der Waals surface area contributed by atoms with Gasteiger partial charge in [0.25, 0.3) is 5.91 Å². The average Bonchev–Trinajstić information content (AvgIpc) is 3.79. The number of aromatic nitrogens is 2. The molecule has 10 nitrogen and oxygen atoms in total. The van der Waals surface area contributed by atoms with Gasteiger partial charge in [0.15, 0.2) is 12.2 Å². The van der Waals surface area contributed by atoms with Crippen molar-refractivity contribution in [3.05, 3.63) is 72.2 Å². The molecule has 1 aliphatic heterocycles. The molecular formula is C29H27F2N5O5. The zero-order valence-corrected chi connectivity index (χ0v) is 21.8. The van der Waals surface area contributed by atoms with Crippen molar-refractivity contribution >= 4 is 17.6 Å². The molecule has 2 aromatic heterocycles. The molecule has 2 unspecified atom stereocenters.